The topological polar surface area (TPSA) is 63.6 Å². The fourth-order valence-electron chi connectivity index (χ4n) is 14.0. The Hall–Kier alpha value is -0.280. The number of rotatable bonds is 8. The van der Waals surface area contributed by atoms with Gasteiger partial charge in [0.05, 0.1) is 30.5 Å². The molecule has 2 spiro atoms. The first kappa shape index (κ1) is 36.1. The molecular formula is C41H72N2O5. The van der Waals surface area contributed by atoms with Crippen LogP contribution in [-0.4, -0.2) is 103 Å². The first-order chi connectivity index (χ1) is 22.2. The van der Waals surface area contributed by atoms with Gasteiger partial charge in [-0.3, -0.25) is 9.80 Å². The molecule has 3 aliphatic heterocycles. The largest absolute Gasteiger partial charge is 0.388 e. The maximum atomic E-state index is 11.0. The fraction of sp³-hybridized carbons (Fsp3) is 1.00. The van der Waals surface area contributed by atoms with E-state index in [4.69, 9.17) is 18.9 Å². The summed E-state index contributed by atoms with van der Waals surface area (Å²) in [6.07, 6.45) is 13.3. The zero-order valence-corrected chi connectivity index (χ0v) is 31.1. The molecule has 8 rings (SSSR count). The minimum atomic E-state index is -0.893. The third kappa shape index (κ3) is 5.35. The van der Waals surface area contributed by atoms with Crippen LogP contribution in [-0.2, 0) is 18.9 Å². The molecular weight excluding hydrogens is 600 g/mol. The lowest BCUT2D eigenvalue weighted by atomic mass is 9.46. The van der Waals surface area contributed by atoms with Crippen LogP contribution in [0.4, 0.5) is 0 Å². The highest BCUT2D eigenvalue weighted by Crippen LogP contribution is 2.87. The molecule has 7 nitrogen and oxygen atoms in total. The second-order valence-corrected chi connectivity index (χ2v) is 19.5. The van der Waals surface area contributed by atoms with E-state index in [-0.39, 0.29) is 37.4 Å². The quantitative estimate of drug-likeness (QED) is 0.294. The molecule has 7 heteroatoms. The van der Waals surface area contributed by atoms with E-state index in [1.165, 1.54) is 70.9 Å². The van der Waals surface area contributed by atoms with Crippen LogP contribution in [0.3, 0.4) is 0 Å². The van der Waals surface area contributed by atoms with Crippen molar-refractivity contribution in [2.24, 2.45) is 45.3 Å². The molecule has 3 saturated heterocycles. The second-order valence-electron chi connectivity index (χ2n) is 19.5. The molecule has 0 amide bonds. The van der Waals surface area contributed by atoms with Crippen molar-refractivity contribution in [3.8, 4) is 0 Å². The monoisotopic (exact) mass is 673 g/mol. The van der Waals surface area contributed by atoms with Crippen molar-refractivity contribution in [1.29, 1.82) is 0 Å². The molecule has 48 heavy (non-hydrogen) atoms. The van der Waals surface area contributed by atoms with E-state index in [2.05, 4.69) is 44.4 Å². The van der Waals surface area contributed by atoms with Gasteiger partial charge in [0, 0.05) is 44.9 Å². The normalized spacial score (nSPS) is 47.9. The summed E-state index contributed by atoms with van der Waals surface area (Å²) >= 11 is 0. The standard InChI is InChI=1S/C40H68N2O5.CH4/c1-9-44-35(37(6,7)43)30-12-10-28-31(46-30)20-29-27-11-13-32-36(4,5)33(14-15-40(32)24-39(27,40)17-16-38(28,29)8)47-34-23-41(18-19-45-34)26-21-42(22-26)25(2)3;/h25-35,43H,9-24H2,1-8H3;1H4/t27?,28?,29?,30?,31?,32?,33-,34?,35-,38?,39-,40?;/m0./s1. The lowest BCUT2D eigenvalue weighted by molar-refractivity contribution is -0.250. The smallest absolute Gasteiger partial charge is 0.170 e. The number of ether oxygens (including phenoxy) is 4. The Balaban J connectivity index is 0.00000364. The highest BCUT2D eigenvalue weighted by atomic mass is 16.7. The molecule has 9 unspecified atom stereocenters. The molecule has 3 heterocycles. The third-order valence-electron chi connectivity index (χ3n) is 16.5. The molecule has 12 atom stereocenters. The van der Waals surface area contributed by atoms with Crippen molar-refractivity contribution in [3.63, 3.8) is 0 Å². The number of nitrogens with zero attached hydrogens (tertiary/aromatic N) is 2. The third-order valence-corrected chi connectivity index (χ3v) is 16.5. The fourth-order valence-corrected chi connectivity index (χ4v) is 14.0. The minimum Gasteiger partial charge on any atom is -0.388 e. The van der Waals surface area contributed by atoms with Gasteiger partial charge in [0.25, 0.3) is 0 Å². The molecule has 0 radical (unpaired) electrons. The highest BCUT2D eigenvalue weighted by molar-refractivity contribution is 5.29. The first-order valence-corrected chi connectivity index (χ1v) is 20.0. The summed E-state index contributed by atoms with van der Waals surface area (Å²) in [4.78, 5) is 5.23. The van der Waals surface area contributed by atoms with Crippen molar-refractivity contribution in [2.45, 2.75) is 175 Å². The van der Waals surface area contributed by atoms with Gasteiger partial charge in [0.15, 0.2) is 6.29 Å². The van der Waals surface area contributed by atoms with Crippen LogP contribution in [0.1, 0.15) is 127 Å². The summed E-state index contributed by atoms with van der Waals surface area (Å²) < 4.78 is 26.4. The first-order valence-electron chi connectivity index (χ1n) is 20.0. The van der Waals surface area contributed by atoms with Crippen LogP contribution in [0.2, 0.25) is 0 Å². The van der Waals surface area contributed by atoms with Gasteiger partial charge in [0.2, 0.25) is 0 Å². The van der Waals surface area contributed by atoms with Crippen LogP contribution in [0.25, 0.3) is 0 Å². The molecule has 5 saturated carbocycles. The van der Waals surface area contributed by atoms with E-state index in [1.807, 2.05) is 20.8 Å². The van der Waals surface area contributed by atoms with Gasteiger partial charge in [-0.25, -0.2) is 0 Å². The van der Waals surface area contributed by atoms with Gasteiger partial charge >= 0.3 is 0 Å². The molecule has 8 fully saturated rings. The zero-order chi connectivity index (χ0) is 33.1. The van der Waals surface area contributed by atoms with Crippen molar-refractivity contribution >= 4 is 0 Å². The van der Waals surface area contributed by atoms with Gasteiger partial charge < -0.3 is 24.1 Å². The lowest BCUT2D eigenvalue weighted by Gasteiger charge is -2.60. The molecule has 0 aromatic carbocycles. The maximum Gasteiger partial charge on any atom is 0.170 e. The number of likely N-dealkylation sites (tertiary alicyclic amines) is 1. The van der Waals surface area contributed by atoms with Gasteiger partial charge in [-0.05, 0) is 144 Å². The molecule has 1 N–H and O–H groups in total. The number of morpholine rings is 1. The van der Waals surface area contributed by atoms with Crippen molar-refractivity contribution < 1.29 is 24.1 Å². The Morgan fingerprint density at radius 1 is 0.917 bits per heavy atom. The zero-order valence-electron chi connectivity index (χ0n) is 31.1. The average Bonchev–Trinajstić information content (AvgIpc) is 3.56. The summed E-state index contributed by atoms with van der Waals surface area (Å²) in [5.74, 6) is 3.03. The van der Waals surface area contributed by atoms with Gasteiger partial charge in [-0.1, -0.05) is 28.2 Å². The van der Waals surface area contributed by atoms with Crippen LogP contribution in [0, 0.1) is 45.3 Å². The number of aliphatic hydroxyl groups is 1. The maximum absolute atomic E-state index is 11.0. The summed E-state index contributed by atoms with van der Waals surface area (Å²) in [5, 5.41) is 11.0. The van der Waals surface area contributed by atoms with Crippen molar-refractivity contribution in [3.05, 3.63) is 0 Å². The lowest BCUT2D eigenvalue weighted by Crippen LogP contribution is -2.64. The molecule has 0 aromatic heterocycles. The number of hydrogen-bond donors (Lipinski definition) is 1. The Morgan fingerprint density at radius 3 is 2.38 bits per heavy atom. The van der Waals surface area contributed by atoms with E-state index in [1.54, 1.807) is 0 Å². The predicted molar refractivity (Wildman–Crippen MR) is 191 cm³/mol. The molecule has 8 aliphatic rings. The summed E-state index contributed by atoms with van der Waals surface area (Å²) in [6, 6.07) is 1.31. The van der Waals surface area contributed by atoms with Crippen molar-refractivity contribution in [1.82, 2.24) is 9.80 Å². The Bertz CT molecular complexity index is 1170. The van der Waals surface area contributed by atoms with Gasteiger partial charge in [-0.15, -0.1) is 0 Å². The second kappa shape index (κ2) is 12.4. The minimum absolute atomic E-state index is 0. The Kier molecular flexibility index (Phi) is 9.33. The Morgan fingerprint density at radius 2 is 1.67 bits per heavy atom. The summed E-state index contributed by atoms with van der Waals surface area (Å²) in [6.45, 7) is 24.0. The van der Waals surface area contributed by atoms with Crippen LogP contribution in [0.15, 0.2) is 0 Å². The van der Waals surface area contributed by atoms with Gasteiger partial charge in [-0.2, -0.15) is 0 Å². The Labute approximate surface area is 293 Å². The van der Waals surface area contributed by atoms with E-state index in [9.17, 15) is 5.11 Å². The molecule has 276 valence electrons. The number of hydrogen-bond acceptors (Lipinski definition) is 7. The SMILES string of the molecule is C.CCO[C@@H](C1CCC2C(CC3C4CCC5C(C)(C)[C@@H](OC6CN(C7CN(C(C)C)C7)CCO6)CCC56C[C@@]46CCC23C)O1)C(C)(C)O. The van der Waals surface area contributed by atoms with Crippen LogP contribution < -0.4 is 0 Å². The van der Waals surface area contributed by atoms with E-state index in [0.717, 1.165) is 43.9 Å². The average molecular weight is 673 g/mol. The molecule has 0 bridgehead atoms. The molecule has 5 aliphatic carbocycles. The van der Waals surface area contributed by atoms with Gasteiger partial charge in [0.1, 0.15) is 6.10 Å². The predicted octanol–water partition coefficient (Wildman–Crippen LogP) is 7.14. The number of fused-ring (bicyclic) bond motifs is 4. The summed E-state index contributed by atoms with van der Waals surface area (Å²) in [7, 11) is 0. The summed E-state index contributed by atoms with van der Waals surface area (Å²) in [5.41, 5.74) is 0.737. The van der Waals surface area contributed by atoms with E-state index in [0.29, 0.717) is 47.0 Å². The van der Waals surface area contributed by atoms with Crippen LogP contribution in [0.5, 0.6) is 0 Å². The van der Waals surface area contributed by atoms with E-state index < -0.39 is 5.60 Å². The molecule has 0 aromatic rings. The highest BCUT2D eigenvalue weighted by Gasteiger charge is 2.80. The van der Waals surface area contributed by atoms with Crippen LogP contribution >= 0.6 is 0 Å². The van der Waals surface area contributed by atoms with E-state index >= 15 is 0 Å². The van der Waals surface area contributed by atoms with Crippen molar-refractivity contribution in [2.75, 3.05) is 39.4 Å².